The number of carbonyl (C=O) groups is 1. The summed E-state index contributed by atoms with van der Waals surface area (Å²) < 4.78 is 4.79. The van der Waals surface area contributed by atoms with Gasteiger partial charge in [-0.1, -0.05) is 41.0 Å². The molecular formula is C11H9Cl2N3O2S. The van der Waals surface area contributed by atoms with Crippen molar-refractivity contribution in [1.82, 2.24) is 15.2 Å². The van der Waals surface area contributed by atoms with Crippen LogP contribution in [0.3, 0.4) is 0 Å². The number of hydrogen-bond acceptors (Lipinski definition) is 5. The van der Waals surface area contributed by atoms with Gasteiger partial charge in [-0.05, 0) is 17.7 Å². The van der Waals surface area contributed by atoms with Crippen LogP contribution in [0.25, 0.3) is 0 Å². The maximum Gasteiger partial charge on any atom is 0.323 e. The molecule has 0 aliphatic carbocycles. The van der Waals surface area contributed by atoms with E-state index >= 15 is 0 Å². The molecule has 0 saturated heterocycles. The lowest BCUT2D eigenvalue weighted by Gasteiger charge is -2.13. The van der Waals surface area contributed by atoms with Crippen molar-refractivity contribution in [2.75, 3.05) is 7.11 Å². The first-order valence-electron chi connectivity index (χ1n) is 5.16. The predicted octanol–water partition coefficient (Wildman–Crippen LogP) is 3.12. The fraction of sp³-hybridized carbons (Fsp3) is 0.182. The zero-order valence-electron chi connectivity index (χ0n) is 9.76. The molecule has 1 N–H and O–H groups in total. The Bertz CT molecular complexity index is 577. The average molecular weight is 318 g/mol. The smallest absolute Gasteiger partial charge is 0.323 e. The quantitative estimate of drug-likeness (QED) is 0.693. The Morgan fingerprint density at radius 1 is 1.42 bits per heavy atom. The number of halogens is 2. The number of rotatable bonds is 4. The number of ether oxygens (including phenoxy) is 1. The Balaban J connectivity index is 2.31. The summed E-state index contributed by atoms with van der Waals surface area (Å²) in [5, 5.41) is 7.14. The van der Waals surface area contributed by atoms with Gasteiger partial charge in [-0.3, -0.25) is 9.89 Å². The molecule has 5 nitrogen and oxygen atoms in total. The zero-order chi connectivity index (χ0) is 13.8. The van der Waals surface area contributed by atoms with Gasteiger partial charge in [0.25, 0.3) is 0 Å². The van der Waals surface area contributed by atoms with Gasteiger partial charge in [-0.15, -0.1) is 0 Å². The van der Waals surface area contributed by atoms with E-state index in [1.807, 2.05) is 0 Å². The summed E-state index contributed by atoms with van der Waals surface area (Å²) in [6, 6.07) is 4.99. The van der Waals surface area contributed by atoms with Gasteiger partial charge < -0.3 is 4.74 Å². The van der Waals surface area contributed by atoms with Crippen molar-refractivity contribution in [2.45, 2.75) is 10.4 Å². The molecular weight excluding hydrogens is 309 g/mol. The van der Waals surface area contributed by atoms with Crippen molar-refractivity contribution in [2.24, 2.45) is 0 Å². The number of thioether (sulfide) groups is 1. The molecule has 0 aliphatic heterocycles. The lowest BCUT2D eigenvalue weighted by molar-refractivity contribution is -0.140. The third-order valence-electron chi connectivity index (χ3n) is 2.28. The van der Waals surface area contributed by atoms with Crippen LogP contribution in [0.15, 0.2) is 29.7 Å². The minimum Gasteiger partial charge on any atom is -0.468 e. The van der Waals surface area contributed by atoms with E-state index in [1.165, 1.54) is 25.2 Å². The van der Waals surface area contributed by atoms with Crippen molar-refractivity contribution in [1.29, 1.82) is 0 Å². The molecule has 1 atom stereocenters. The van der Waals surface area contributed by atoms with Gasteiger partial charge in [-0.25, -0.2) is 4.98 Å². The van der Waals surface area contributed by atoms with E-state index in [2.05, 4.69) is 15.2 Å². The standard InChI is InChI=1S/C11H9Cl2N3O2S/c1-18-10(17)9(19-11-14-5-15-16-11)6-2-3-7(12)8(13)4-6/h2-5,9H,1H3,(H,14,15,16)/t9-/m0/s1. The molecule has 0 spiro atoms. The van der Waals surface area contributed by atoms with E-state index in [9.17, 15) is 4.79 Å². The molecule has 100 valence electrons. The number of aromatic amines is 1. The van der Waals surface area contributed by atoms with E-state index in [0.717, 1.165) is 0 Å². The van der Waals surface area contributed by atoms with Crippen molar-refractivity contribution >= 4 is 40.9 Å². The number of benzene rings is 1. The highest BCUT2D eigenvalue weighted by atomic mass is 35.5. The lowest BCUT2D eigenvalue weighted by atomic mass is 10.1. The Kier molecular flexibility index (Phi) is 4.68. The summed E-state index contributed by atoms with van der Waals surface area (Å²) in [6.07, 6.45) is 1.37. The van der Waals surface area contributed by atoms with E-state index in [0.29, 0.717) is 20.8 Å². The summed E-state index contributed by atoms with van der Waals surface area (Å²) in [5.41, 5.74) is 0.683. The fourth-order valence-corrected chi connectivity index (χ4v) is 2.62. The topological polar surface area (TPSA) is 67.9 Å². The Labute approximate surface area is 123 Å². The van der Waals surface area contributed by atoms with Gasteiger partial charge in [0.2, 0.25) is 0 Å². The van der Waals surface area contributed by atoms with Crippen LogP contribution >= 0.6 is 35.0 Å². The summed E-state index contributed by atoms with van der Waals surface area (Å²) in [4.78, 5) is 15.8. The van der Waals surface area contributed by atoms with Crippen molar-refractivity contribution < 1.29 is 9.53 Å². The SMILES string of the molecule is COC(=O)[C@@H](Sc1ncn[nH]1)c1ccc(Cl)c(Cl)c1. The summed E-state index contributed by atoms with van der Waals surface area (Å²) in [7, 11) is 1.33. The first-order chi connectivity index (χ1) is 9.11. The van der Waals surface area contributed by atoms with Gasteiger partial charge in [-0.2, -0.15) is 5.10 Å². The van der Waals surface area contributed by atoms with E-state index in [1.54, 1.807) is 18.2 Å². The van der Waals surface area contributed by atoms with Crippen LogP contribution in [0, 0.1) is 0 Å². The number of esters is 1. The summed E-state index contributed by atoms with van der Waals surface area (Å²) in [5.74, 6) is -0.403. The molecule has 0 aliphatic rings. The largest absolute Gasteiger partial charge is 0.468 e. The highest BCUT2D eigenvalue weighted by molar-refractivity contribution is 8.00. The van der Waals surface area contributed by atoms with Crippen LogP contribution in [0.2, 0.25) is 10.0 Å². The highest BCUT2D eigenvalue weighted by Gasteiger charge is 2.24. The monoisotopic (exact) mass is 317 g/mol. The number of nitrogens with zero attached hydrogens (tertiary/aromatic N) is 2. The van der Waals surface area contributed by atoms with Crippen LogP contribution in [-0.4, -0.2) is 28.3 Å². The molecule has 0 bridgehead atoms. The Hall–Kier alpha value is -1.24. The summed E-state index contributed by atoms with van der Waals surface area (Å²) in [6.45, 7) is 0. The number of hydrogen-bond donors (Lipinski definition) is 1. The predicted molar refractivity (Wildman–Crippen MR) is 73.5 cm³/mol. The molecule has 0 fully saturated rings. The van der Waals surface area contributed by atoms with Crippen LogP contribution in [0.1, 0.15) is 10.8 Å². The molecule has 1 aromatic heterocycles. The molecule has 0 amide bonds. The normalized spacial score (nSPS) is 12.2. The zero-order valence-corrected chi connectivity index (χ0v) is 12.1. The molecule has 2 aromatic rings. The Morgan fingerprint density at radius 3 is 2.79 bits per heavy atom. The van der Waals surface area contributed by atoms with Crippen LogP contribution < -0.4 is 0 Å². The first-order valence-corrected chi connectivity index (χ1v) is 6.80. The fourth-order valence-electron chi connectivity index (χ4n) is 1.40. The highest BCUT2D eigenvalue weighted by Crippen LogP contribution is 2.36. The molecule has 2 rings (SSSR count). The number of aromatic nitrogens is 3. The third kappa shape index (κ3) is 3.40. The maximum absolute atomic E-state index is 11.9. The number of H-pyrrole nitrogens is 1. The minimum absolute atomic E-state index is 0.381. The van der Waals surface area contributed by atoms with Crippen LogP contribution in [0.5, 0.6) is 0 Å². The lowest BCUT2D eigenvalue weighted by Crippen LogP contribution is -2.11. The van der Waals surface area contributed by atoms with Gasteiger partial charge in [0.1, 0.15) is 11.6 Å². The van der Waals surface area contributed by atoms with Gasteiger partial charge in [0.15, 0.2) is 5.16 Å². The van der Waals surface area contributed by atoms with Gasteiger partial charge in [0, 0.05) is 0 Å². The third-order valence-corrected chi connectivity index (χ3v) is 4.14. The molecule has 0 unspecified atom stereocenters. The molecule has 19 heavy (non-hydrogen) atoms. The number of carbonyl (C=O) groups excluding carboxylic acids is 1. The molecule has 1 heterocycles. The molecule has 1 aromatic carbocycles. The second-order valence-corrected chi connectivity index (χ2v) is 5.39. The molecule has 8 heteroatoms. The van der Waals surface area contributed by atoms with E-state index < -0.39 is 11.2 Å². The van der Waals surface area contributed by atoms with Crippen LogP contribution in [0.4, 0.5) is 0 Å². The van der Waals surface area contributed by atoms with Crippen molar-refractivity contribution in [3.05, 3.63) is 40.1 Å². The van der Waals surface area contributed by atoms with Crippen molar-refractivity contribution in [3.8, 4) is 0 Å². The Morgan fingerprint density at radius 2 is 2.21 bits per heavy atom. The second-order valence-electron chi connectivity index (χ2n) is 3.49. The van der Waals surface area contributed by atoms with E-state index in [4.69, 9.17) is 27.9 Å². The number of nitrogens with one attached hydrogen (secondary N) is 1. The second kappa shape index (κ2) is 6.27. The maximum atomic E-state index is 11.9. The average Bonchev–Trinajstić information content (AvgIpc) is 2.91. The molecule has 0 radical (unpaired) electrons. The first kappa shape index (κ1) is 14.2. The molecule has 0 saturated carbocycles. The summed E-state index contributed by atoms with van der Waals surface area (Å²) >= 11 is 13.0. The number of methoxy groups -OCH3 is 1. The minimum atomic E-state index is -0.590. The van der Waals surface area contributed by atoms with E-state index in [-0.39, 0.29) is 0 Å². The van der Waals surface area contributed by atoms with Gasteiger partial charge >= 0.3 is 5.97 Å². The van der Waals surface area contributed by atoms with Crippen LogP contribution in [-0.2, 0) is 9.53 Å². The van der Waals surface area contributed by atoms with Crippen molar-refractivity contribution in [3.63, 3.8) is 0 Å². The van der Waals surface area contributed by atoms with Gasteiger partial charge in [0.05, 0.1) is 17.2 Å².